The average Bonchev–Trinajstić information content (AvgIpc) is 0.831. The van der Waals surface area contributed by atoms with E-state index in [2.05, 4.69) is 126 Å². The second kappa shape index (κ2) is 49.8. The first kappa shape index (κ1) is 92.4. The third-order valence-corrected chi connectivity index (χ3v) is 17.7. The van der Waals surface area contributed by atoms with Crippen LogP contribution < -0.4 is 0 Å². The van der Waals surface area contributed by atoms with Crippen LogP contribution in [-0.4, -0.2) is 118 Å². The molecule has 6 aromatic carbocycles. The van der Waals surface area contributed by atoms with Gasteiger partial charge < -0.3 is 19.7 Å². The highest BCUT2D eigenvalue weighted by atomic mass is 31.0. The van der Waals surface area contributed by atoms with Crippen molar-refractivity contribution in [3.63, 3.8) is 0 Å². The maximum absolute atomic E-state index is 13.0. The van der Waals surface area contributed by atoms with Crippen molar-refractivity contribution in [1.82, 2.24) is 9.80 Å². The first-order chi connectivity index (χ1) is 44.8. The van der Waals surface area contributed by atoms with Gasteiger partial charge in [0.2, 0.25) is 0 Å². The van der Waals surface area contributed by atoms with E-state index < -0.39 is 22.3 Å². The van der Waals surface area contributed by atoms with Crippen LogP contribution in [0, 0.1) is 0 Å². The number of ether oxygens (including phenoxy) is 2. The van der Waals surface area contributed by atoms with E-state index in [1.54, 1.807) is 18.2 Å². The number of hydrogen-bond acceptors (Lipinski definition) is 10. The molecule has 0 aliphatic carbocycles. The predicted molar refractivity (Wildman–Crippen MR) is 428 cm³/mol. The van der Waals surface area contributed by atoms with Gasteiger partial charge in [-0.05, 0) is 160 Å². The molecular formula is C78H124N2O8P6. The quantitative estimate of drug-likeness (QED) is 0.0633. The summed E-state index contributed by atoms with van der Waals surface area (Å²) in [4.78, 5) is 54.2. The van der Waals surface area contributed by atoms with Crippen molar-refractivity contribution in [1.29, 1.82) is 0 Å². The number of carbonyl (C=O) groups excluding carboxylic acids is 4. The Morgan fingerprint density at radius 2 is 0.553 bits per heavy atom. The Bertz CT molecular complexity index is 3040. The second-order valence-corrected chi connectivity index (χ2v) is 24.9. The summed E-state index contributed by atoms with van der Waals surface area (Å²) in [5, 5.41) is 19.4. The van der Waals surface area contributed by atoms with E-state index in [1.807, 2.05) is 165 Å². The highest BCUT2D eigenvalue weighted by molar-refractivity contribution is 7.16. The van der Waals surface area contributed by atoms with Crippen LogP contribution >= 0.6 is 55.4 Å². The van der Waals surface area contributed by atoms with Gasteiger partial charge in [-0.15, -0.1) is 55.4 Å². The summed E-state index contributed by atoms with van der Waals surface area (Å²) in [7, 11) is 16.3. The molecule has 8 rings (SSSR count). The topological polar surface area (TPSA) is 134 Å². The molecule has 16 heteroatoms. The molecule has 2 fully saturated rings. The van der Waals surface area contributed by atoms with Crippen molar-refractivity contribution in [3.8, 4) is 22.3 Å². The monoisotopic (exact) mass is 1400 g/mol. The number of hydrogen-bond donors (Lipinski definition) is 2. The van der Waals surface area contributed by atoms with E-state index in [4.69, 9.17) is 9.47 Å². The fraction of sp³-hybridized carbons (Fsp3) is 0.487. The zero-order chi connectivity index (χ0) is 72.4. The molecular weight excluding hydrogens is 1280 g/mol. The minimum Gasteiger partial charge on any atom is -0.382 e. The standard InChI is InChI=1S/C21H26NO2P.C17H19O2P.C16H25NO2P2.C12H18O2P2.6C2H6/c1-21(2,22-11-13-24-14-12-22)20(23)19-9-7-18(8-10-19)17-5-3-16(15-25)4-6-17;1-17(2,19)16(18)15-9-7-14(8-10-15)13-5-3-12(11-20)4-6-13;1-16(2,17-5-7-19-8-6-17)15(18)12-3-4-13(10-20)14(9-12)11-21;1-12(2,14)11(13)8-3-4-9(6-15)10(5-8)7-16;6*1-2/h3-10H,11-15,25H2,1-2H3;3-10,19H,11,20H2,1-2H3;3-4,9H,5-8,10-11,20-21H2,1-2H3;3-5,14H,6-7,15-16H2,1-2H3;6*1-2H3. The highest BCUT2D eigenvalue weighted by Crippen LogP contribution is 2.29. The number of rotatable bonds is 18. The number of benzene rings is 6. The van der Waals surface area contributed by atoms with Crippen molar-refractivity contribution in [2.24, 2.45) is 0 Å². The van der Waals surface area contributed by atoms with Crippen molar-refractivity contribution >= 4 is 78.6 Å². The maximum Gasteiger partial charge on any atom is 0.193 e. The largest absolute Gasteiger partial charge is 0.382 e. The summed E-state index contributed by atoms with van der Waals surface area (Å²) in [5.41, 5.74) is 11.0. The second-order valence-electron chi connectivity index (χ2n) is 22.5. The minimum absolute atomic E-state index is 0.166. The van der Waals surface area contributed by atoms with E-state index in [-0.39, 0.29) is 23.1 Å². The molecule has 0 amide bonds. The third kappa shape index (κ3) is 29.8. The molecule has 0 spiro atoms. The van der Waals surface area contributed by atoms with Gasteiger partial charge in [-0.3, -0.25) is 29.0 Å². The summed E-state index contributed by atoms with van der Waals surface area (Å²) in [5.74, 6) is -0.136. The number of aliphatic hydroxyl groups is 2. The lowest BCUT2D eigenvalue weighted by Gasteiger charge is -2.39. The molecule has 10 nitrogen and oxygen atoms in total. The van der Waals surface area contributed by atoms with Crippen molar-refractivity contribution < 1.29 is 38.9 Å². The molecule has 6 atom stereocenters. The first-order valence-corrected chi connectivity index (χ1v) is 38.9. The van der Waals surface area contributed by atoms with Crippen LogP contribution in [0.2, 0.25) is 0 Å². The van der Waals surface area contributed by atoms with Gasteiger partial charge in [-0.2, -0.15) is 0 Å². The highest BCUT2D eigenvalue weighted by Gasteiger charge is 2.37. The van der Waals surface area contributed by atoms with Crippen LogP contribution in [0.3, 0.4) is 0 Å². The minimum atomic E-state index is -1.33. The molecule has 2 aliphatic heterocycles. The van der Waals surface area contributed by atoms with Gasteiger partial charge in [0.15, 0.2) is 23.1 Å². The third-order valence-electron chi connectivity index (χ3n) is 15.0. The first-order valence-electron chi connectivity index (χ1n) is 34.0. The van der Waals surface area contributed by atoms with E-state index in [9.17, 15) is 29.4 Å². The Labute approximate surface area is 585 Å². The van der Waals surface area contributed by atoms with Crippen LogP contribution in [0.25, 0.3) is 22.3 Å². The van der Waals surface area contributed by atoms with Crippen molar-refractivity contribution in [2.45, 2.75) is 198 Å². The van der Waals surface area contributed by atoms with Gasteiger partial charge in [-0.1, -0.05) is 204 Å². The van der Waals surface area contributed by atoms with Gasteiger partial charge in [0, 0.05) is 48.4 Å². The number of nitrogens with zero attached hydrogens (tertiary/aromatic N) is 2. The van der Waals surface area contributed by atoms with Gasteiger partial charge in [0.05, 0.1) is 37.5 Å². The number of carbonyl (C=O) groups is 4. The van der Waals surface area contributed by atoms with E-state index in [0.29, 0.717) is 37.6 Å². The van der Waals surface area contributed by atoms with Crippen molar-refractivity contribution in [2.75, 3.05) is 52.6 Å². The fourth-order valence-electron chi connectivity index (χ4n) is 9.55. The molecule has 2 aliphatic rings. The number of morpholine rings is 2. The average molecular weight is 1400 g/mol. The SMILES string of the molecule is CC.CC.CC.CC.CC.CC.CC(C)(C(=O)c1ccc(-c2ccc(CP)cc2)cc1)N1CCOCC1.CC(C)(C(=O)c1ccc(CP)c(CP)c1)N1CCOCC1.CC(C)(O)C(=O)c1ccc(-c2ccc(CP)cc2)cc1.CC(C)(O)C(=O)c1ccc(CP)c(CP)c1. The molecule has 94 heavy (non-hydrogen) atoms. The Hall–Kier alpha value is -3.66. The zero-order valence-electron chi connectivity index (χ0n) is 61.3. The summed E-state index contributed by atoms with van der Waals surface area (Å²) >= 11 is 0. The number of Topliss-reactive ketones (excluding diaryl/α,β-unsaturated/α-hetero) is 4. The lowest BCUT2D eigenvalue weighted by molar-refractivity contribution is -0.00442. The van der Waals surface area contributed by atoms with Crippen molar-refractivity contribution in [3.05, 3.63) is 189 Å². The Morgan fingerprint density at radius 1 is 0.330 bits per heavy atom. The van der Waals surface area contributed by atoms with Crippen LogP contribution in [-0.2, 0) is 46.4 Å². The molecule has 2 heterocycles. The molecule has 524 valence electrons. The maximum atomic E-state index is 13.0. The molecule has 0 bridgehead atoms. The summed E-state index contributed by atoms with van der Waals surface area (Å²) in [6.07, 6.45) is 5.40. The Morgan fingerprint density at radius 3 is 0.809 bits per heavy atom. The van der Waals surface area contributed by atoms with E-state index in [1.165, 1.54) is 61.1 Å². The summed E-state index contributed by atoms with van der Waals surface area (Å²) in [6, 6.07) is 43.9. The molecule has 0 aromatic heterocycles. The Balaban J connectivity index is 0. The van der Waals surface area contributed by atoms with E-state index >= 15 is 0 Å². The predicted octanol–water partition coefficient (Wildman–Crippen LogP) is 19.0. The van der Waals surface area contributed by atoms with Gasteiger partial charge in [-0.25, -0.2) is 0 Å². The Kier molecular flexibility index (Phi) is 48.9. The molecule has 6 aromatic rings. The fourth-order valence-corrected chi connectivity index (χ4v) is 11.7. The summed E-state index contributed by atoms with van der Waals surface area (Å²) in [6.45, 7) is 44.1. The number of ketones is 4. The molecule has 2 saturated heterocycles. The van der Waals surface area contributed by atoms with Crippen LogP contribution in [0.5, 0.6) is 0 Å². The molecule has 0 saturated carbocycles. The lowest BCUT2D eigenvalue weighted by Crippen LogP contribution is -2.54. The van der Waals surface area contributed by atoms with E-state index in [0.717, 1.165) is 96.5 Å². The van der Waals surface area contributed by atoms with Gasteiger partial charge in [0.1, 0.15) is 11.2 Å². The van der Waals surface area contributed by atoms with Gasteiger partial charge in [0.25, 0.3) is 0 Å². The molecule has 6 unspecified atom stereocenters. The molecule has 0 radical (unpaired) electrons. The van der Waals surface area contributed by atoms with Crippen LogP contribution in [0.1, 0.15) is 213 Å². The van der Waals surface area contributed by atoms with Crippen LogP contribution in [0.15, 0.2) is 133 Å². The smallest absolute Gasteiger partial charge is 0.193 e. The normalized spacial score (nSPS) is 12.8. The zero-order valence-corrected chi connectivity index (χ0v) is 68.2. The summed E-state index contributed by atoms with van der Waals surface area (Å²) < 4.78 is 10.8. The molecule has 2 N–H and O–H groups in total. The lowest BCUT2D eigenvalue weighted by atomic mass is 9.89. The van der Waals surface area contributed by atoms with Gasteiger partial charge >= 0.3 is 0 Å². The van der Waals surface area contributed by atoms with Crippen LogP contribution in [0.4, 0.5) is 0 Å².